The number of amides is 1. The van der Waals surface area contributed by atoms with Gasteiger partial charge in [0.25, 0.3) is 0 Å². The Labute approximate surface area is 105 Å². The summed E-state index contributed by atoms with van der Waals surface area (Å²) in [5.74, 6) is 0.925. The quantitative estimate of drug-likeness (QED) is 0.783. The molecular formula is C12H25ClN2O. The van der Waals surface area contributed by atoms with Crippen molar-refractivity contribution in [2.45, 2.75) is 46.0 Å². The zero-order valence-corrected chi connectivity index (χ0v) is 11.2. The number of halogens is 1. The van der Waals surface area contributed by atoms with E-state index in [4.69, 9.17) is 5.73 Å². The number of hydrogen-bond acceptors (Lipinski definition) is 2. The zero-order chi connectivity index (χ0) is 11.3. The van der Waals surface area contributed by atoms with E-state index in [0.717, 1.165) is 18.9 Å². The van der Waals surface area contributed by atoms with Gasteiger partial charge in [0.15, 0.2) is 0 Å². The molecule has 0 heterocycles. The van der Waals surface area contributed by atoms with E-state index < -0.39 is 5.41 Å². The molecule has 0 spiro atoms. The summed E-state index contributed by atoms with van der Waals surface area (Å²) in [6.45, 7) is 4.99. The molecule has 0 bridgehead atoms. The molecule has 0 aromatic rings. The SMILES string of the molecule is CC(C)(CN)C(=O)NCCC1CCCC1.Cl. The van der Waals surface area contributed by atoms with Crippen molar-refractivity contribution < 1.29 is 4.79 Å². The summed E-state index contributed by atoms with van der Waals surface area (Å²) in [7, 11) is 0. The Bertz CT molecular complexity index is 213. The van der Waals surface area contributed by atoms with Gasteiger partial charge in [-0.05, 0) is 26.2 Å². The van der Waals surface area contributed by atoms with Crippen LogP contribution in [0.4, 0.5) is 0 Å². The highest BCUT2D eigenvalue weighted by Gasteiger charge is 2.25. The van der Waals surface area contributed by atoms with Gasteiger partial charge in [-0.15, -0.1) is 12.4 Å². The fourth-order valence-corrected chi connectivity index (χ4v) is 2.02. The maximum Gasteiger partial charge on any atom is 0.226 e. The van der Waals surface area contributed by atoms with Gasteiger partial charge in [0, 0.05) is 13.1 Å². The van der Waals surface area contributed by atoms with Crippen LogP contribution >= 0.6 is 12.4 Å². The van der Waals surface area contributed by atoms with E-state index in [2.05, 4.69) is 5.32 Å². The van der Waals surface area contributed by atoms with Crippen molar-refractivity contribution in [1.29, 1.82) is 0 Å². The minimum absolute atomic E-state index is 0. The van der Waals surface area contributed by atoms with Crippen LogP contribution in [0.3, 0.4) is 0 Å². The number of carbonyl (C=O) groups is 1. The number of nitrogens with one attached hydrogen (secondary N) is 1. The Hall–Kier alpha value is -0.280. The third kappa shape index (κ3) is 4.71. The van der Waals surface area contributed by atoms with Crippen LogP contribution in [0.5, 0.6) is 0 Å². The predicted octanol–water partition coefficient (Wildman–Crippen LogP) is 2.09. The first kappa shape index (κ1) is 15.7. The van der Waals surface area contributed by atoms with Crippen molar-refractivity contribution in [1.82, 2.24) is 5.32 Å². The third-order valence-corrected chi connectivity index (χ3v) is 3.44. The fourth-order valence-electron chi connectivity index (χ4n) is 2.02. The van der Waals surface area contributed by atoms with Gasteiger partial charge in [0.05, 0.1) is 5.41 Å². The molecule has 0 radical (unpaired) electrons. The molecule has 1 fully saturated rings. The van der Waals surface area contributed by atoms with Crippen molar-refractivity contribution in [3.05, 3.63) is 0 Å². The van der Waals surface area contributed by atoms with E-state index >= 15 is 0 Å². The Morgan fingerprint density at radius 2 is 1.94 bits per heavy atom. The van der Waals surface area contributed by atoms with E-state index in [-0.39, 0.29) is 18.3 Å². The first-order valence-corrected chi connectivity index (χ1v) is 6.04. The highest BCUT2D eigenvalue weighted by molar-refractivity contribution is 5.85. The highest BCUT2D eigenvalue weighted by Crippen LogP contribution is 2.27. The number of carbonyl (C=O) groups excluding carboxylic acids is 1. The second-order valence-corrected chi connectivity index (χ2v) is 5.28. The van der Waals surface area contributed by atoms with Gasteiger partial charge >= 0.3 is 0 Å². The van der Waals surface area contributed by atoms with Gasteiger partial charge < -0.3 is 11.1 Å². The van der Waals surface area contributed by atoms with Crippen LogP contribution < -0.4 is 11.1 Å². The van der Waals surface area contributed by atoms with Gasteiger partial charge in [0.1, 0.15) is 0 Å². The van der Waals surface area contributed by atoms with Gasteiger partial charge in [-0.3, -0.25) is 4.79 Å². The number of rotatable bonds is 5. The normalized spacial score (nSPS) is 16.9. The summed E-state index contributed by atoms with van der Waals surface area (Å²) in [6, 6.07) is 0. The Balaban J connectivity index is 0.00000225. The number of hydrogen-bond donors (Lipinski definition) is 2. The summed E-state index contributed by atoms with van der Waals surface area (Å²) in [6.07, 6.45) is 6.55. The molecule has 0 aliphatic heterocycles. The van der Waals surface area contributed by atoms with Crippen LogP contribution in [0.1, 0.15) is 46.0 Å². The second kappa shape index (κ2) is 7.13. The lowest BCUT2D eigenvalue weighted by Crippen LogP contribution is -2.42. The van der Waals surface area contributed by atoms with Crippen molar-refractivity contribution in [2.75, 3.05) is 13.1 Å². The third-order valence-electron chi connectivity index (χ3n) is 3.44. The largest absolute Gasteiger partial charge is 0.356 e. The summed E-state index contributed by atoms with van der Waals surface area (Å²) >= 11 is 0. The highest BCUT2D eigenvalue weighted by atomic mass is 35.5. The lowest BCUT2D eigenvalue weighted by molar-refractivity contribution is -0.128. The van der Waals surface area contributed by atoms with Crippen molar-refractivity contribution in [2.24, 2.45) is 17.1 Å². The van der Waals surface area contributed by atoms with Gasteiger partial charge in [-0.2, -0.15) is 0 Å². The first-order valence-electron chi connectivity index (χ1n) is 6.04. The van der Waals surface area contributed by atoms with Crippen LogP contribution in [0.15, 0.2) is 0 Å². The molecule has 3 nitrogen and oxygen atoms in total. The van der Waals surface area contributed by atoms with E-state index in [1.165, 1.54) is 25.7 Å². The maximum absolute atomic E-state index is 11.7. The smallest absolute Gasteiger partial charge is 0.226 e. The van der Waals surface area contributed by atoms with E-state index in [1.807, 2.05) is 13.8 Å². The van der Waals surface area contributed by atoms with Crippen LogP contribution in [-0.2, 0) is 4.79 Å². The predicted molar refractivity (Wildman–Crippen MR) is 69.7 cm³/mol. The van der Waals surface area contributed by atoms with Gasteiger partial charge in [0.2, 0.25) is 5.91 Å². The fraction of sp³-hybridized carbons (Fsp3) is 0.917. The van der Waals surface area contributed by atoms with Gasteiger partial charge in [-0.1, -0.05) is 25.7 Å². The molecular weight excluding hydrogens is 224 g/mol. The monoisotopic (exact) mass is 248 g/mol. The molecule has 0 saturated heterocycles. The van der Waals surface area contributed by atoms with E-state index in [9.17, 15) is 4.79 Å². The van der Waals surface area contributed by atoms with Crippen LogP contribution in [0.2, 0.25) is 0 Å². The standard InChI is InChI=1S/C12H24N2O.ClH/c1-12(2,9-13)11(15)14-8-7-10-5-3-4-6-10;/h10H,3-9,13H2,1-2H3,(H,14,15);1H. The van der Waals surface area contributed by atoms with Crippen molar-refractivity contribution in [3.8, 4) is 0 Å². The molecule has 0 unspecified atom stereocenters. The maximum atomic E-state index is 11.7. The molecule has 1 amide bonds. The van der Waals surface area contributed by atoms with E-state index in [0.29, 0.717) is 6.54 Å². The Morgan fingerprint density at radius 1 is 1.38 bits per heavy atom. The summed E-state index contributed by atoms with van der Waals surface area (Å²) in [5, 5.41) is 2.98. The summed E-state index contributed by atoms with van der Waals surface area (Å²) < 4.78 is 0. The van der Waals surface area contributed by atoms with Crippen LogP contribution in [0, 0.1) is 11.3 Å². The molecule has 1 aliphatic carbocycles. The Morgan fingerprint density at radius 3 is 2.44 bits per heavy atom. The molecule has 0 aromatic heterocycles. The van der Waals surface area contributed by atoms with Crippen molar-refractivity contribution in [3.63, 3.8) is 0 Å². The molecule has 96 valence electrons. The summed E-state index contributed by atoms with van der Waals surface area (Å²) in [4.78, 5) is 11.7. The minimum Gasteiger partial charge on any atom is -0.356 e. The van der Waals surface area contributed by atoms with Crippen LogP contribution in [-0.4, -0.2) is 19.0 Å². The minimum atomic E-state index is -0.421. The van der Waals surface area contributed by atoms with E-state index in [1.54, 1.807) is 0 Å². The average molecular weight is 249 g/mol. The lowest BCUT2D eigenvalue weighted by Gasteiger charge is -2.21. The molecule has 1 aliphatic rings. The molecule has 3 N–H and O–H groups in total. The average Bonchev–Trinajstić information content (AvgIpc) is 2.70. The first-order chi connectivity index (χ1) is 7.06. The number of nitrogens with two attached hydrogens (primary N) is 1. The molecule has 16 heavy (non-hydrogen) atoms. The van der Waals surface area contributed by atoms with Gasteiger partial charge in [-0.25, -0.2) is 0 Å². The molecule has 0 aromatic carbocycles. The Kier molecular flexibility index (Phi) is 7.00. The summed E-state index contributed by atoms with van der Waals surface area (Å²) in [5.41, 5.74) is 5.12. The lowest BCUT2D eigenvalue weighted by atomic mass is 9.92. The van der Waals surface area contributed by atoms with Crippen LogP contribution in [0.25, 0.3) is 0 Å². The molecule has 1 rings (SSSR count). The second-order valence-electron chi connectivity index (χ2n) is 5.28. The molecule has 0 atom stereocenters. The molecule has 4 heteroatoms. The van der Waals surface area contributed by atoms with Crippen molar-refractivity contribution >= 4 is 18.3 Å². The topological polar surface area (TPSA) is 55.1 Å². The zero-order valence-electron chi connectivity index (χ0n) is 10.4. The molecule has 1 saturated carbocycles.